The molecule has 0 aliphatic carbocycles. The fraction of sp³-hybridized carbons (Fsp3) is 0.429. The summed E-state index contributed by atoms with van der Waals surface area (Å²) < 4.78 is 0. The molecule has 0 bridgehead atoms. The number of rotatable bonds is 5. The molecule has 0 saturated carbocycles. The molecule has 6 heteroatoms. The second kappa shape index (κ2) is 8.50. The predicted molar refractivity (Wildman–Crippen MR) is 110 cm³/mol. The second-order valence-electron chi connectivity index (χ2n) is 7.38. The Morgan fingerprint density at radius 2 is 2.07 bits per heavy atom. The summed E-state index contributed by atoms with van der Waals surface area (Å²) in [6.45, 7) is 4.98. The van der Waals surface area contributed by atoms with Gasteiger partial charge in [0, 0.05) is 43.1 Å². The second-order valence-corrected chi connectivity index (χ2v) is 7.38. The molecule has 6 nitrogen and oxygen atoms in total. The predicted octanol–water partition coefficient (Wildman–Crippen LogP) is 2.49. The molecule has 2 aliphatic rings. The lowest BCUT2D eigenvalue weighted by Crippen LogP contribution is -2.39. The largest absolute Gasteiger partial charge is 0.370 e. The molecule has 4 N–H and O–H groups in total. The third-order valence-corrected chi connectivity index (χ3v) is 5.17. The van der Waals surface area contributed by atoms with Crippen LogP contribution in [0.5, 0.6) is 0 Å². The van der Waals surface area contributed by atoms with Gasteiger partial charge in [0.25, 0.3) is 0 Å². The van der Waals surface area contributed by atoms with E-state index in [0.29, 0.717) is 6.04 Å². The standard InChI is InChI=1S/C21H28N6/c22-18-6-11-27(12-7-18)15-16-5-10-23-20(13-16)26-19-4-1-3-17(14-19)21-24-8-2-9-25-21/h1,3-5,10,13-14,18H,2,6-9,11-12,15,22H2,(H,23,26)(H,24,25). The van der Waals surface area contributed by atoms with E-state index in [2.05, 4.69) is 61.9 Å². The molecule has 142 valence electrons. The van der Waals surface area contributed by atoms with Crippen molar-refractivity contribution in [2.24, 2.45) is 10.7 Å². The lowest BCUT2D eigenvalue weighted by Gasteiger charge is -2.30. The van der Waals surface area contributed by atoms with Crippen molar-refractivity contribution in [3.8, 4) is 0 Å². The minimum Gasteiger partial charge on any atom is -0.370 e. The van der Waals surface area contributed by atoms with Crippen molar-refractivity contribution in [3.63, 3.8) is 0 Å². The molecule has 0 radical (unpaired) electrons. The number of hydrogen-bond donors (Lipinski definition) is 3. The van der Waals surface area contributed by atoms with Crippen LogP contribution in [0.25, 0.3) is 0 Å². The first-order chi connectivity index (χ1) is 13.3. The fourth-order valence-corrected chi connectivity index (χ4v) is 3.63. The molecule has 0 amide bonds. The van der Waals surface area contributed by atoms with E-state index >= 15 is 0 Å². The van der Waals surface area contributed by atoms with E-state index in [1.807, 2.05) is 6.20 Å². The van der Waals surface area contributed by atoms with Crippen LogP contribution in [0.4, 0.5) is 11.5 Å². The Bertz CT molecular complexity index is 795. The lowest BCUT2D eigenvalue weighted by atomic mass is 10.1. The van der Waals surface area contributed by atoms with Gasteiger partial charge >= 0.3 is 0 Å². The van der Waals surface area contributed by atoms with Gasteiger partial charge in [0.05, 0.1) is 0 Å². The topological polar surface area (TPSA) is 78.6 Å². The highest BCUT2D eigenvalue weighted by molar-refractivity contribution is 5.99. The molecular weight excluding hydrogens is 336 g/mol. The van der Waals surface area contributed by atoms with Crippen LogP contribution in [-0.2, 0) is 6.54 Å². The summed E-state index contributed by atoms with van der Waals surface area (Å²) in [6.07, 6.45) is 5.15. The van der Waals surface area contributed by atoms with E-state index in [0.717, 1.165) is 74.9 Å². The van der Waals surface area contributed by atoms with Gasteiger partial charge in [-0.1, -0.05) is 12.1 Å². The Labute approximate surface area is 160 Å². The lowest BCUT2D eigenvalue weighted by molar-refractivity contribution is 0.205. The quantitative estimate of drug-likeness (QED) is 0.760. The van der Waals surface area contributed by atoms with Gasteiger partial charge in [0.1, 0.15) is 11.7 Å². The minimum absolute atomic E-state index is 0.367. The molecule has 0 spiro atoms. The van der Waals surface area contributed by atoms with Crippen LogP contribution in [0.3, 0.4) is 0 Å². The maximum absolute atomic E-state index is 6.01. The zero-order valence-electron chi connectivity index (χ0n) is 15.7. The molecule has 1 saturated heterocycles. The summed E-state index contributed by atoms with van der Waals surface area (Å²) in [6, 6.07) is 12.9. The first kappa shape index (κ1) is 17.9. The van der Waals surface area contributed by atoms with E-state index in [4.69, 9.17) is 5.73 Å². The molecule has 2 aliphatic heterocycles. The van der Waals surface area contributed by atoms with Crippen molar-refractivity contribution in [1.29, 1.82) is 0 Å². The molecule has 1 fully saturated rings. The number of nitrogens with zero attached hydrogens (tertiary/aromatic N) is 3. The highest BCUT2D eigenvalue weighted by atomic mass is 15.1. The van der Waals surface area contributed by atoms with Crippen LogP contribution in [-0.4, -0.2) is 47.9 Å². The molecule has 0 atom stereocenters. The summed E-state index contributed by atoms with van der Waals surface area (Å²) in [7, 11) is 0. The average Bonchev–Trinajstić information content (AvgIpc) is 2.71. The van der Waals surface area contributed by atoms with Crippen molar-refractivity contribution in [2.45, 2.75) is 31.8 Å². The minimum atomic E-state index is 0.367. The van der Waals surface area contributed by atoms with Gasteiger partial charge in [0.15, 0.2) is 0 Å². The van der Waals surface area contributed by atoms with Crippen LogP contribution in [0.2, 0.25) is 0 Å². The number of pyridine rings is 1. The van der Waals surface area contributed by atoms with Gasteiger partial charge in [-0.3, -0.25) is 9.89 Å². The van der Waals surface area contributed by atoms with Crippen LogP contribution in [0.1, 0.15) is 30.4 Å². The third-order valence-electron chi connectivity index (χ3n) is 5.17. The Balaban J connectivity index is 1.43. The number of benzene rings is 1. The van der Waals surface area contributed by atoms with E-state index in [1.54, 1.807) is 0 Å². The third kappa shape index (κ3) is 4.84. The smallest absolute Gasteiger partial charge is 0.130 e. The number of aromatic nitrogens is 1. The number of piperidine rings is 1. The van der Waals surface area contributed by atoms with Crippen molar-refractivity contribution in [3.05, 3.63) is 53.7 Å². The monoisotopic (exact) mass is 364 g/mol. The number of nitrogens with two attached hydrogens (primary N) is 1. The first-order valence-corrected chi connectivity index (χ1v) is 9.85. The Hall–Kier alpha value is -2.44. The molecule has 27 heavy (non-hydrogen) atoms. The number of amidine groups is 1. The van der Waals surface area contributed by atoms with E-state index in [1.165, 1.54) is 5.56 Å². The number of aliphatic imine (C=N–C) groups is 1. The molecule has 0 unspecified atom stereocenters. The molecule has 3 heterocycles. The first-order valence-electron chi connectivity index (χ1n) is 9.85. The van der Waals surface area contributed by atoms with Crippen LogP contribution in [0.15, 0.2) is 47.6 Å². The highest BCUT2D eigenvalue weighted by Crippen LogP contribution is 2.19. The number of nitrogens with one attached hydrogen (secondary N) is 2. The number of hydrogen-bond acceptors (Lipinski definition) is 6. The van der Waals surface area contributed by atoms with E-state index in [-0.39, 0.29) is 0 Å². The van der Waals surface area contributed by atoms with Crippen LogP contribution < -0.4 is 16.4 Å². The Kier molecular flexibility index (Phi) is 5.65. The average molecular weight is 364 g/mol. The SMILES string of the molecule is NC1CCN(Cc2ccnc(Nc3cccc(C4=NCCCN4)c3)c2)CC1. The normalized spacial score (nSPS) is 18.6. The van der Waals surface area contributed by atoms with Gasteiger partial charge in [-0.2, -0.15) is 0 Å². The van der Waals surface area contributed by atoms with Crippen LogP contribution in [0, 0.1) is 0 Å². The molecule has 1 aromatic carbocycles. The van der Waals surface area contributed by atoms with Crippen LogP contribution >= 0.6 is 0 Å². The molecule has 4 rings (SSSR count). The molecule has 2 aromatic rings. The molecule has 1 aromatic heterocycles. The van der Waals surface area contributed by atoms with E-state index < -0.39 is 0 Å². The summed E-state index contributed by atoms with van der Waals surface area (Å²) in [5, 5.41) is 6.81. The Morgan fingerprint density at radius 1 is 1.19 bits per heavy atom. The summed E-state index contributed by atoms with van der Waals surface area (Å²) in [4.78, 5) is 11.5. The van der Waals surface area contributed by atoms with Gasteiger partial charge in [-0.15, -0.1) is 0 Å². The maximum atomic E-state index is 6.01. The van der Waals surface area contributed by atoms with Crippen molar-refractivity contribution >= 4 is 17.3 Å². The van der Waals surface area contributed by atoms with Crippen molar-refractivity contribution in [1.82, 2.24) is 15.2 Å². The molecular formula is C21H28N6. The van der Waals surface area contributed by atoms with Gasteiger partial charge in [0.2, 0.25) is 0 Å². The van der Waals surface area contributed by atoms with Gasteiger partial charge in [-0.25, -0.2) is 4.98 Å². The van der Waals surface area contributed by atoms with Gasteiger partial charge in [-0.05, 0) is 62.2 Å². The number of anilines is 2. The zero-order valence-corrected chi connectivity index (χ0v) is 15.7. The van der Waals surface area contributed by atoms with Gasteiger partial charge < -0.3 is 16.4 Å². The maximum Gasteiger partial charge on any atom is 0.130 e. The fourth-order valence-electron chi connectivity index (χ4n) is 3.63. The van der Waals surface area contributed by atoms with E-state index in [9.17, 15) is 0 Å². The number of likely N-dealkylation sites (tertiary alicyclic amines) is 1. The van der Waals surface area contributed by atoms with Crippen molar-refractivity contribution < 1.29 is 0 Å². The highest BCUT2D eigenvalue weighted by Gasteiger charge is 2.16. The summed E-state index contributed by atoms with van der Waals surface area (Å²) in [5.74, 6) is 1.85. The summed E-state index contributed by atoms with van der Waals surface area (Å²) >= 11 is 0. The zero-order chi connectivity index (χ0) is 18.5. The van der Waals surface area contributed by atoms with Crippen molar-refractivity contribution in [2.75, 3.05) is 31.5 Å². The Morgan fingerprint density at radius 3 is 2.89 bits per heavy atom. The summed E-state index contributed by atoms with van der Waals surface area (Å²) in [5.41, 5.74) is 9.42.